The van der Waals surface area contributed by atoms with Crippen molar-refractivity contribution in [1.29, 1.82) is 0 Å². The Morgan fingerprint density at radius 2 is 1.61 bits per heavy atom. The minimum absolute atomic E-state index is 0.529. The summed E-state index contributed by atoms with van der Waals surface area (Å²) in [6.45, 7) is -0.722. The molecule has 0 aromatic heterocycles. The molecule has 1 heterocycles. The molecule has 0 N–H and O–H groups in total. The Hall–Kier alpha value is -2.56. The fourth-order valence-corrected chi connectivity index (χ4v) is 6.70. The van der Waals surface area contributed by atoms with Gasteiger partial charge in [0.05, 0.1) is 28.5 Å². The molecular formula is C20H14F6O4S. The number of hydrogen-bond acceptors (Lipinski definition) is 4. The van der Waals surface area contributed by atoms with Gasteiger partial charge in [-0.1, -0.05) is 0 Å². The summed E-state index contributed by atoms with van der Waals surface area (Å²) in [5.41, 5.74) is -1.87. The first-order valence-electron chi connectivity index (χ1n) is 9.11. The molecule has 0 saturated heterocycles. The summed E-state index contributed by atoms with van der Waals surface area (Å²) in [4.78, 5) is 11.3. The third-order valence-electron chi connectivity index (χ3n) is 5.86. The molecule has 0 radical (unpaired) electrons. The van der Waals surface area contributed by atoms with Crippen LogP contribution < -0.4 is 4.74 Å². The molecule has 3 atom stereocenters. The van der Waals surface area contributed by atoms with E-state index in [9.17, 15) is 39.6 Å². The van der Waals surface area contributed by atoms with Crippen molar-refractivity contribution >= 4 is 15.6 Å². The summed E-state index contributed by atoms with van der Waals surface area (Å²) < 4.78 is 113. The fourth-order valence-electron chi connectivity index (χ4n) is 4.37. The Balaban J connectivity index is 1.99. The monoisotopic (exact) mass is 464 g/mol. The van der Waals surface area contributed by atoms with Crippen molar-refractivity contribution in [2.24, 2.45) is 5.92 Å². The summed E-state index contributed by atoms with van der Waals surface area (Å²) in [7, 11) is -4.80. The number of rotatable bonds is 2. The molecule has 2 aromatic rings. The third-order valence-corrected chi connectivity index (χ3v) is 8.43. The van der Waals surface area contributed by atoms with Crippen molar-refractivity contribution in [2.75, 3.05) is 6.61 Å². The van der Waals surface area contributed by atoms with Crippen molar-refractivity contribution in [2.45, 2.75) is 34.8 Å². The topological polar surface area (TPSA) is 60.4 Å². The predicted octanol–water partition coefficient (Wildman–Crippen LogP) is 4.36. The number of hydrogen-bond donors (Lipinski definition) is 0. The van der Waals surface area contributed by atoms with E-state index in [1.807, 2.05) is 0 Å². The Bertz CT molecular complexity index is 1160. The van der Waals surface area contributed by atoms with Gasteiger partial charge >= 0.3 is 6.18 Å². The number of carbonyl (C=O) groups excluding carboxylic acids is 1. The van der Waals surface area contributed by atoms with E-state index in [-0.39, 0.29) is 0 Å². The maximum absolute atomic E-state index is 14.9. The van der Waals surface area contributed by atoms with E-state index >= 15 is 0 Å². The minimum atomic E-state index is -4.80. The number of carbonyl (C=O) groups is 1. The van der Waals surface area contributed by atoms with Gasteiger partial charge in [0, 0.05) is 6.42 Å². The van der Waals surface area contributed by atoms with Crippen LogP contribution in [0.1, 0.15) is 24.0 Å². The zero-order chi connectivity index (χ0) is 22.8. The van der Waals surface area contributed by atoms with E-state index in [0.717, 1.165) is 0 Å². The first-order chi connectivity index (χ1) is 14.4. The first-order valence-corrected chi connectivity index (χ1v) is 10.6. The number of fused-ring (bicyclic) bond motifs is 3. The highest BCUT2D eigenvalue weighted by molar-refractivity contribution is 7.92. The van der Waals surface area contributed by atoms with Gasteiger partial charge in [0.1, 0.15) is 10.6 Å². The zero-order valence-corrected chi connectivity index (χ0v) is 16.4. The Labute approximate surface area is 172 Å². The molecule has 166 valence electrons. The van der Waals surface area contributed by atoms with Gasteiger partial charge in [0.25, 0.3) is 0 Å². The van der Waals surface area contributed by atoms with Crippen LogP contribution in [0.3, 0.4) is 0 Å². The molecule has 1 saturated carbocycles. The normalized spacial score (nSPS) is 26.1. The molecule has 0 amide bonds. The van der Waals surface area contributed by atoms with Gasteiger partial charge in [-0.25, -0.2) is 21.6 Å². The first kappa shape index (κ1) is 21.7. The molecular weight excluding hydrogens is 450 g/mol. The Morgan fingerprint density at radius 1 is 1.00 bits per heavy atom. The Morgan fingerprint density at radius 3 is 2.23 bits per heavy atom. The van der Waals surface area contributed by atoms with Gasteiger partial charge in [0.2, 0.25) is 0 Å². The lowest BCUT2D eigenvalue weighted by atomic mass is 9.71. The van der Waals surface area contributed by atoms with Gasteiger partial charge in [0.15, 0.2) is 33.4 Å². The summed E-state index contributed by atoms with van der Waals surface area (Å²) in [5.74, 6) is -5.59. The lowest BCUT2D eigenvalue weighted by molar-refractivity contribution is -0.137. The van der Waals surface area contributed by atoms with Gasteiger partial charge in [-0.05, 0) is 42.8 Å². The van der Waals surface area contributed by atoms with Crippen LogP contribution in [0.5, 0.6) is 5.75 Å². The van der Waals surface area contributed by atoms with Crippen LogP contribution in [0.15, 0.2) is 41.3 Å². The number of sulfone groups is 1. The second kappa shape index (κ2) is 6.98. The number of Topliss-reactive ketones (excluding diaryl/α,β-unsaturated/α-hetero) is 1. The molecule has 31 heavy (non-hydrogen) atoms. The van der Waals surface area contributed by atoms with Crippen LogP contribution in [-0.2, 0) is 25.6 Å². The lowest BCUT2D eigenvalue weighted by Gasteiger charge is -2.47. The summed E-state index contributed by atoms with van der Waals surface area (Å²) in [6, 6.07) is 3.80. The predicted molar refractivity (Wildman–Crippen MR) is 94.8 cm³/mol. The van der Waals surface area contributed by atoms with Crippen LogP contribution in [0.4, 0.5) is 26.3 Å². The van der Waals surface area contributed by atoms with Crippen molar-refractivity contribution in [3.8, 4) is 5.75 Å². The van der Waals surface area contributed by atoms with E-state index in [1.165, 1.54) is 0 Å². The van der Waals surface area contributed by atoms with Gasteiger partial charge < -0.3 is 4.74 Å². The van der Waals surface area contributed by atoms with Crippen LogP contribution in [0.2, 0.25) is 0 Å². The molecule has 4 rings (SSSR count). The van der Waals surface area contributed by atoms with E-state index in [0.29, 0.717) is 36.4 Å². The van der Waals surface area contributed by atoms with Crippen LogP contribution in [0.25, 0.3) is 0 Å². The number of alkyl halides is 4. The van der Waals surface area contributed by atoms with Crippen molar-refractivity contribution in [3.05, 3.63) is 59.2 Å². The van der Waals surface area contributed by atoms with Crippen molar-refractivity contribution < 1.29 is 44.3 Å². The zero-order valence-electron chi connectivity index (χ0n) is 15.5. The number of ketones is 1. The molecule has 1 fully saturated rings. The summed E-state index contributed by atoms with van der Waals surface area (Å²) >= 11 is 0. The number of halogens is 6. The maximum Gasteiger partial charge on any atom is 0.416 e. The molecule has 2 aromatic carbocycles. The molecule has 11 heteroatoms. The molecule has 1 aliphatic heterocycles. The highest BCUT2D eigenvalue weighted by Crippen LogP contribution is 2.56. The third kappa shape index (κ3) is 3.04. The quantitative estimate of drug-likeness (QED) is 0.620. The van der Waals surface area contributed by atoms with E-state index in [1.54, 1.807) is 0 Å². The number of ether oxygens (including phenoxy) is 1. The van der Waals surface area contributed by atoms with E-state index in [4.69, 9.17) is 4.74 Å². The average molecular weight is 464 g/mol. The molecule has 0 spiro atoms. The summed E-state index contributed by atoms with van der Waals surface area (Å²) in [5, 5.41) is 0. The molecule has 1 unspecified atom stereocenters. The van der Waals surface area contributed by atoms with Crippen molar-refractivity contribution in [3.63, 3.8) is 0 Å². The van der Waals surface area contributed by atoms with E-state index in [2.05, 4.69) is 0 Å². The lowest BCUT2D eigenvalue weighted by Crippen LogP contribution is -2.57. The molecule has 4 nitrogen and oxygen atoms in total. The largest absolute Gasteiger partial charge is 0.490 e. The van der Waals surface area contributed by atoms with Crippen LogP contribution in [-0.4, -0.2) is 27.0 Å². The highest BCUT2D eigenvalue weighted by atomic mass is 32.2. The minimum Gasteiger partial charge on any atom is -0.490 e. The van der Waals surface area contributed by atoms with Crippen molar-refractivity contribution in [1.82, 2.24) is 0 Å². The number of benzene rings is 2. The second-order valence-corrected chi connectivity index (χ2v) is 9.64. The molecule has 2 aliphatic rings. The van der Waals surface area contributed by atoms with Gasteiger partial charge in [-0.2, -0.15) is 13.2 Å². The Kier molecular flexibility index (Phi) is 4.87. The van der Waals surface area contributed by atoms with Gasteiger partial charge in [-0.3, -0.25) is 4.79 Å². The smallest absolute Gasteiger partial charge is 0.416 e. The van der Waals surface area contributed by atoms with Crippen LogP contribution in [0, 0.1) is 17.6 Å². The maximum atomic E-state index is 14.9. The van der Waals surface area contributed by atoms with E-state index < -0.39 is 91.5 Å². The molecule has 0 bridgehead atoms. The average Bonchev–Trinajstić information content (AvgIpc) is 2.72. The highest BCUT2D eigenvalue weighted by Gasteiger charge is 2.63. The second-order valence-electron chi connectivity index (χ2n) is 7.43. The fraction of sp³-hybridized carbons (Fsp3) is 0.350. The standard InChI is InChI=1S/C20H14F6O4S/c21-13-5-6-14(22)18-16(13)19(8-7-15(27)17(23)12(19)9-30-18)31(28,29)11-3-1-10(2-4-11)20(24,25)26/h1-6,12,17H,7-9H2/t12-,17?,19-/m0/s1. The molecule has 1 aliphatic carbocycles. The van der Waals surface area contributed by atoms with Gasteiger partial charge in [-0.15, -0.1) is 0 Å². The van der Waals surface area contributed by atoms with Crippen LogP contribution >= 0.6 is 0 Å². The summed E-state index contributed by atoms with van der Waals surface area (Å²) in [6.07, 6.45) is -8.22. The SMILES string of the molecule is O=C1CC[C@@]2(S(=O)(=O)c3ccc(C(F)(F)F)cc3)c3c(F)ccc(F)c3OC[C@H]2C1F.